The van der Waals surface area contributed by atoms with E-state index in [0.717, 1.165) is 0 Å². The minimum absolute atomic E-state index is 0.0391. The number of nitrogens with zero attached hydrogens (tertiary/aromatic N) is 1. The van der Waals surface area contributed by atoms with Gasteiger partial charge in [-0.2, -0.15) is 5.26 Å². The van der Waals surface area contributed by atoms with Crippen LogP contribution in [0.5, 0.6) is 0 Å². The molecule has 0 spiro atoms. The molecule has 0 N–H and O–H groups in total. The van der Waals surface area contributed by atoms with Crippen LogP contribution in [0.15, 0.2) is 29.2 Å². The van der Waals surface area contributed by atoms with Gasteiger partial charge in [0.25, 0.3) is 0 Å². The van der Waals surface area contributed by atoms with Crippen LogP contribution in [-0.4, -0.2) is 19.8 Å². The Morgan fingerprint density at radius 1 is 1.31 bits per heavy atom. The van der Waals surface area contributed by atoms with Crippen LogP contribution >= 0.6 is 0 Å². The second kappa shape index (κ2) is 4.22. The predicted molar refractivity (Wildman–Crippen MR) is 58.4 cm³/mol. The quantitative estimate of drug-likeness (QED) is 0.814. The van der Waals surface area contributed by atoms with Gasteiger partial charge in [-0.3, -0.25) is 0 Å². The van der Waals surface area contributed by atoms with Gasteiger partial charge in [-0.15, -0.1) is 0 Å². The molecule has 0 amide bonds. The molecule has 16 heavy (non-hydrogen) atoms. The molecule has 0 heterocycles. The Balaban J connectivity index is 3.05. The second-order valence-corrected chi connectivity index (χ2v) is 6.10. The zero-order valence-electron chi connectivity index (χ0n) is 9.07. The maximum absolute atomic E-state index is 13.3. The molecule has 0 fully saturated rings. The van der Waals surface area contributed by atoms with E-state index in [1.807, 2.05) is 6.07 Å². The van der Waals surface area contributed by atoms with E-state index in [-0.39, 0.29) is 4.90 Å². The molecule has 1 aromatic carbocycles. The Labute approximate surface area is 94.4 Å². The van der Waals surface area contributed by atoms with Crippen molar-refractivity contribution in [1.82, 2.24) is 0 Å². The molecule has 0 aromatic heterocycles. The highest BCUT2D eigenvalue weighted by Crippen LogP contribution is 2.19. The van der Waals surface area contributed by atoms with Gasteiger partial charge in [-0.25, -0.2) is 12.8 Å². The number of nitriles is 1. The number of benzene rings is 1. The molecule has 0 bridgehead atoms. The summed E-state index contributed by atoms with van der Waals surface area (Å²) in [6.07, 6.45) is 0. The second-order valence-electron chi connectivity index (χ2n) is 4.11. The molecule has 0 aliphatic carbocycles. The number of hydrogen-bond donors (Lipinski definition) is 0. The molecule has 86 valence electrons. The highest BCUT2D eigenvalue weighted by atomic mass is 32.2. The standard InChI is InChI=1S/C11H12FNO2S/c1-11(2,12)8-16(14,15)10-5-3-9(7-13)4-6-10/h3-6H,8H2,1-2H3. The number of alkyl halides is 1. The Bertz CT molecular complexity index is 506. The van der Waals surface area contributed by atoms with Crippen molar-refractivity contribution in [1.29, 1.82) is 5.26 Å². The Hall–Kier alpha value is -1.41. The molecule has 0 radical (unpaired) electrons. The van der Waals surface area contributed by atoms with Crippen LogP contribution in [0.3, 0.4) is 0 Å². The van der Waals surface area contributed by atoms with Crippen molar-refractivity contribution < 1.29 is 12.8 Å². The third kappa shape index (κ3) is 3.31. The van der Waals surface area contributed by atoms with Gasteiger partial charge in [0, 0.05) is 0 Å². The SMILES string of the molecule is CC(C)(F)CS(=O)(=O)c1ccc(C#N)cc1. The lowest BCUT2D eigenvalue weighted by molar-refractivity contribution is 0.249. The van der Waals surface area contributed by atoms with Crippen LogP contribution in [0.4, 0.5) is 4.39 Å². The van der Waals surface area contributed by atoms with E-state index in [9.17, 15) is 12.8 Å². The van der Waals surface area contributed by atoms with Crippen molar-refractivity contribution in [3.63, 3.8) is 0 Å². The first kappa shape index (κ1) is 12.7. The highest BCUT2D eigenvalue weighted by Gasteiger charge is 2.26. The van der Waals surface area contributed by atoms with E-state index in [1.54, 1.807) is 0 Å². The maximum Gasteiger partial charge on any atom is 0.181 e. The fraction of sp³-hybridized carbons (Fsp3) is 0.364. The van der Waals surface area contributed by atoms with Crippen LogP contribution in [0.25, 0.3) is 0 Å². The van der Waals surface area contributed by atoms with Gasteiger partial charge in [-0.1, -0.05) is 0 Å². The van der Waals surface area contributed by atoms with Crippen LogP contribution in [0.1, 0.15) is 19.4 Å². The first-order valence-corrected chi connectivity index (χ1v) is 6.32. The molecule has 0 aliphatic rings. The maximum atomic E-state index is 13.3. The fourth-order valence-corrected chi connectivity index (χ4v) is 2.89. The summed E-state index contributed by atoms with van der Waals surface area (Å²) in [4.78, 5) is 0.0391. The molecule has 0 aliphatic heterocycles. The molecular weight excluding hydrogens is 229 g/mol. The topological polar surface area (TPSA) is 57.9 Å². The minimum atomic E-state index is -3.63. The Kier molecular flexibility index (Phi) is 3.34. The summed E-state index contributed by atoms with van der Waals surface area (Å²) in [6, 6.07) is 7.32. The van der Waals surface area contributed by atoms with E-state index in [4.69, 9.17) is 5.26 Å². The van der Waals surface area contributed by atoms with Gasteiger partial charge in [0.1, 0.15) is 5.67 Å². The van der Waals surface area contributed by atoms with Crippen molar-refractivity contribution in [2.24, 2.45) is 0 Å². The summed E-state index contributed by atoms with van der Waals surface area (Å²) in [6.45, 7) is 2.43. The lowest BCUT2D eigenvalue weighted by Crippen LogP contribution is -2.25. The molecule has 1 rings (SSSR count). The van der Waals surface area contributed by atoms with E-state index in [0.29, 0.717) is 5.56 Å². The average molecular weight is 241 g/mol. The van der Waals surface area contributed by atoms with E-state index in [1.165, 1.54) is 38.1 Å². The molecule has 0 saturated carbocycles. The van der Waals surface area contributed by atoms with Crippen molar-refractivity contribution in [2.75, 3.05) is 5.75 Å². The number of halogens is 1. The smallest absolute Gasteiger partial charge is 0.181 e. The summed E-state index contributed by atoms with van der Waals surface area (Å²) >= 11 is 0. The summed E-state index contributed by atoms with van der Waals surface area (Å²) in [7, 11) is -3.63. The lowest BCUT2D eigenvalue weighted by Gasteiger charge is -2.14. The average Bonchev–Trinajstić information content (AvgIpc) is 2.14. The largest absolute Gasteiger partial charge is 0.243 e. The minimum Gasteiger partial charge on any atom is -0.243 e. The monoisotopic (exact) mass is 241 g/mol. The highest BCUT2D eigenvalue weighted by molar-refractivity contribution is 7.91. The summed E-state index contributed by atoms with van der Waals surface area (Å²) < 4.78 is 36.7. The van der Waals surface area contributed by atoms with E-state index >= 15 is 0 Å². The molecular formula is C11H12FNO2S. The van der Waals surface area contributed by atoms with E-state index < -0.39 is 21.3 Å². The number of hydrogen-bond acceptors (Lipinski definition) is 3. The van der Waals surface area contributed by atoms with Crippen molar-refractivity contribution >= 4 is 9.84 Å². The van der Waals surface area contributed by atoms with Crippen LogP contribution < -0.4 is 0 Å². The summed E-state index contributed by atoms with van der Waals surface area (Å²) in [5, 5.41) is 8.56. The van der Waals surface area contributed by atoms with Gasteiger partial charge < -0.3 is 0 Å². The van der Waals surface area contributed by atoms with Crippen molar-refractivity contribution in [3.8, 4) is 6.07 Å². The molecule has 5 heteroatoms. The number of sulfone groups is 1. The third-order valence-electron chi connectivity index (χ3n) is 1.88. The first-order chi connectivity index (χ1) is 7.24. The predicted octanol–water partition coefficient (Wildman–Crippen LogP) is 2.08. The molecule has 3 nitrogen and oxygen atoms in total. The number of rotatable bonds is 3. The molecule has 0 unspecified atom stereocenters. The Morgan fingerprint density at radius 2 is 1.81 bits per heavy atom. The van der Waals surface area contributed by atoms with E-state index in [2.05, 4.69) is 0 Å². The fourth-order valence-electron chi connectivity index (χ4n) is 1.27. The van der Waals surface area contributed by atoms with Gasteiger partial charge in [0.2, 0.25) is 0 Å². The zero-order chi connectivity index (χ0) is 12.4. The first-order valence-electron chi connectivity index (χ1n) is 4.66. The van der Waals surface area contributed by atoms with Crippen molar-refractivity contribution in [2.45, 2.75) is 24.4 Å². The lowest BCUT2D eigenvalue weighted by atomic mass is 10.2. The van der Waals surface area contributed by atoms with Crippen LogP contribution in [0.2, 0.25) is 0 Å². The van der Waals surface area contributed by atoms with Gasteiger partial charge in [0.05, 0.1) is 22.3 Å². The molecule has 0 saturated heterocycles. The summed E-state index contributed by atoms with van der Waals surface area (Å²) in [5.41, 5.74) is -1.40. The van der Waals surface area contributed by atoms with Gasteiger partial charge in [0.15, 0.2) is 9.84 Å². The zero-order valence-corrected chi connectivity index (χ0v) is 9.88. The summed E-state index contributed by atoms with van der Waals surface area (Å²) in [5.74, 6) is -0.564. The van der Waals surface area contributed by atoms with Crippen LogP contribution in [0, 0.1) is 11.3 Å². The van der Waals surface area contributed by atoms with Gasteiger partial charge in [-0.05, 0) is 38.1 Å². The van der Waals surface area contributed by atoms with Crippen LogP contribution in [-0.2, 0) is 9.84 Å². The Morgan fingerprint density at radius 3 is 2.19 bits per heavy atom. The third-order valence-corrected chi connectivity index (χ3v) is 3.93. The van der Waals surface area contributed by atoms with Gasteiger partial charge >= 0.3 is 0 Å². The molecule has 0 atom stereocenters. The van der Waals surface area contributed by atoms with Crippen molar-refractivity contribution in [3.05, 3.63) is 29.8 Å². The normalized spacial score (nSPS) is 12.1. The molecule has 1 aromatic rings.